The number of likely N-dealkylation sites (tertiary alicyclic amines) is 1. The highest BCUT2D eigenvalue weighted by Gasteiger charge is 2.22. The Morgan fingerprint density at radius 2 is 1.91 bits per heavy atom. The smallest absolute Gasteiger partial charge is 0.0403 e. The van der Waals surface area contributed by atoms with Gasteiger partial charge in [0.2, 0.25) is 0 Å². The van der Waals surface area contributed by atoms with Gasteiger partial charge in [-0.25, -0.2) is 0 Å². The second kappa shape index (κ2) is 8.25. The Labute approximate surface area is 141 Å². The Morgan fingerprint density at radius 1 is 1.13 bits per heavy atom. The van der Waals surface area contributed by atoms with Gasteiger partial charge < -0.3 is 5.73 Å². The van der Waals surface area contributed by atoms with Gasteiger partial charge in [-0.1, -0.05) is 25.3 Å². The van der Waals surface area contributed by atoms with Crippen LogP contribution in [0.15, 0.2) is 18.3 Å². The predicted octanol–water partition coefficient (Wildman–Crippen LogP) is 3.94. The van der Waals surface area contributed by atoms with E-state index in [1.807, 2.05) is 0 Å². The predicted molar refractivity (Wildman–Crippen MR) is 96.3 cm³/mol. The van der Waals surface area contributed by atoms with E-state index in [2.05, 4.69) is 30.3 Å². The molecule has 23 heavy (non-hydrogen) atoms. The van der Waals surface area contributed by atoms with Crippen LogP contribution < -0.4 is 5.73 Å². The van der Waals surface area contributed by atoms with Crippen molar-refractivity contribution >= 4 is 0 Å². The molecule has 1 atom stereocenters. The zero-order valence-corrected chi connectivity index (χ0v) is 14.7. The van der Waals surface area contributed by atoms with Crippen molar-refractivity contribution in [1.29, 1.82) is 0 Å². The first kappa shape index (κ1) is 16.9. The summed E-state index contributed by atoms with van der Waals surface area (Å²) in [6.07, 6.45) is 14.0. The van der Waals surface area contributed by atoms with E-state index in [9.17, 15) is 0 Å². The lowest BCUT2D eigenvalue weighted by molar-refractivity contribution is 0.264. The molecule has 2 heterocycles. The third-order valence-electron chi connectivity index (χ3n) is 6.10. The zero-order valence-electron chi connectivity index (χ0n) is 14.7. The Hall–Kier alpha value is -0.930. The molecule has 1 saturated carbocycles. The van der Waals surface area contributed by atoms with Crippen LogP contribution in [-0.4, -0.2) is 30.0 Å². The summed E-state index contributed by atoms with van der Waals surface area (Å²) in [5, 5.41) is 0. The van der Waals surface area contributed by atoms with Crippen molar-refractivity contribution < 1.29 is 0 Å². The van der Waals surface area contributed by atoms with Crippen LogP contribution in [0.1, 0.15) is 68.7 Å². The summed E-state index contributed by atoms with van der Waals surface area (Å²) in [5.41, 5.74) is 8.45. The summed E-state index contributed by atoms with van der Waals surface area (Å²) in [6, 6.07) is 5.16. The molecule has 3 heteroatoms. The highest BCUT2D eigenvalue weighted by Crippen LogP contribution is 2.32. The second-order valence-electron chi connectivity index (χ2n) is 7.74. The minimum atomic E-state index is 0.592. The summed E-state index contributed by atoms with van der Waals surface area (Å²) in [4.78, 5) is 7.18. The van der Waals surface area contributed by atoms with Crippen LogP contribution in [0.2, 0.25) is 0 Å². The van der Waals surface area contributed by atoms with E-state index >= 15 is 0 Å². The maximum Gasteiger partial charge on any atom is 0.0403 e. The largest absolute Gasteiger partial charge is 0.330 e. The van der Waals surface area contributed by atoms with Gasteiger partial charge in [0.15, 0.2) is 0 Å². The van der Waals surface area contributed by atoms with E-state index in [1.54, 1.807) is 0 Å². The first-order chi connectivity index (χ1) is 11.3. The quantitative estimate of drug-likeness (QED) is 0.864. The molecule has 1 saturated heterocycles. The Balaban J connectivity index is 1.41. The molecule has 3 rings (SSSR count). The summed E-state index contributed by atoms with van der Waals surface area (Å²) >= 11 is 0. The summed E-state index contributed by atoms with van der Waals surface area (Å²) in [5.74, 6) is 1.73. The van der Waals surface area contributed by atoms with Crippen molar-refractivity contribution in [2.24, 2.45) is 17.6 Å². The minimum Gasteiger partial charge on any atom is -0.330 e. The van der Waals surface area contributed by atoms with Crippen molar-refractivity contribution in [1.82, 2.24) is 9.88 Å². The average molecular weight is 316 g/mol. The van der Waals surface area contributed by atoms with E-state index < -0.39 is 0 Å². The Kier molecular flexibility index (Phi) is 6.07. The highest BCUT2D eigenvalue weighted by molar-refractivity contribution is 5.19. The van der Waals surface area contributed by atoms with Crippen LogP contribution in [0.4, 0.5) is 0 Å². The van der Waals surface area contributed by atoms with Gasteiger partial charge in [0, 0.05) is 17.9 Å². The number of rotatable bonds is 6. The average Bonchev–Trinajstić information content (AvgIpc) is 3.02. The fourth-order valence-corrected chi connectivity index (χ4v) is 4.44. The standard InChI is InChI=1S/C20H33N3/c1-23-13-3-6-20(23)18-11-12-19(22-15-18)5-2-4-16-7-9-17(14-21)10-8-16/h11-12,15-17,20H,2-10,13-14,21H2,1H3. The van der Waals surface area contributed by atoms with Crippen molar-refractivity contribution in [3.63, 3.8) is 0 Å². The topological polar surface area (TPSA) is 42.1 Å². The van der Waals surface area contributed by atoms with Gasteiger partial charge >= 0.3 is 0 Å². The molecular formula is C20H33N3. The molecule has 2 fully saturated rings. The van der Waals surface area contributed by atoms with Gasteiger partial charge in [-0.05, 0) is 82.1 Å². The molecule has 1 aliphatic heterocycles. The Bertz CT molecular complexity index is 462. The lowest BCUT2D eigenvalue weighted by Crippen LogP contribution is -2.21. The van der Waals surface area contributed by atoms with E-state index in [0.717, 1.165) is 24.8 Å². The molecular weight excluding hydrogens is 282 g/mol. The van der Waals surface area contributed by atoms with Crippen molar-refractivity contribution in [3.05, 3.63) is 29.6 Å². The lowest BCUT2D eigenvalue weighted by Gasteiger charge is -2.27. The number of nitrogens with two attached hydrogens (primary N) is 1. The number of aromatic nitrogens is 1. The van der Waals surface area contributed by atoms with Crippen molar-refractivity contribution in [2.75, 3.05) is 20.1 Å². The molecule has 1 unspecified atom stereocenters. The third kappa shape index (κ3) is 4.54. The van der Waals surface area contributed by atoms with Gasteiger partial charge in [-0.3, -0.25) is 9.88 Å². The number of aryl methyl sites for hydroxylation is 1. The van der Waals surface area contributed by atoms with Crippen LogP contribution >= 0.6 is 0 Å². The summed E-state index contributed by atoms with van der Waals surface area (Å²) in [6.45, 7) is 2.11. The number of hydrogen-bond donors (Lipinski definition) is 1. The van der Waals surface area contributed by atoms with Crippen molar-refractivity contribution in [3.8, 4) is 0 Å². The molecule has 0 aromatic carbocycles. The van der Waals surface area contributed by atoms with Crippen molar-refractivity contribution in [2.45, 2.75) is 63.8 Å². The monoisotopic (exact) mass is 315 g/mol. The van der Waals surface area contributed by atoms with Gasteiger partial charge in [-0.2, -0.15) is 0 Å². The molecule has 3 nitrogen and oxygen atoms in total. The molecule has 0 amide bonds. The summed E-state index contributed by atoms with van der Waals surface area (Å²) < 4.78 is 0. The van der Waals surface area contributed by atoms with Gasteiger partial charge in [0.05, 0.1) is 0 Å². The lowest BCUT2D eigenvalue weighted by atomic mass is 9.80. The molecule has 0 spiro atoms. The SMILES string of the molecule is CN1CCCC1c1ccc(CCCC2CCC(CN)CC2)nc1. The zero-order chi connectivity index (χ0) is 16.1. The van der Waals surface area contributed by atoms with Crippen LogP contribution in [0.5, 0.6) is 0 Å². The van der Waals surface area contributed by atoms with E-state index in [-0.39, 0.29) is 0 Å². The molecule has 2 aliphatic rings. The summed E-state index contributed by atoms with van der Waals surface area (Å²) in [7, 11) is 2.23. The van der Waals surface area contributed by atoms with Gasteiger partial charge in [0.25, 0.3) is 0 Å². The maximum absolute atomic E-state index is 5.78. The molecule has 1 aliphatic carbocycles. The third-order valence-corrected chi connectivity index (χ3v) is 6.10. The number of nitrogens with zero attached hydrogens (tertiary/aromatic N) is 2. The normalized spacial score (nSPS) is 29.0. The van der Waals surface area contributed by atoms with Gasteiger partial charge in [-0.15, -0.1) is 0 Å². The number of hydrogen-bond acceptors (Lipinski definition) is 3. The molecule has 1 aromatic rings. The van der Waals surface area contributed by atoms with E-state index in [1.165, 1.54) is 69.2 Å². The fourth-order valence-electron chi connectivity index (χ4n) is 4.44. The van der Waals surface area contributed by atoms with Crippen LogP contribution in [-0.2, 0) is 6.42 Å². The Morgan fingerprint density at radius 3 is 2.52 bits per heavy atom. The second-order valence-corrected chi connectivity index (χ2v) is 7.74. The highest BCUT2D eigenvalue weighted by atomic mass is 15.1. The fraction of sp³-hybridized carbons (Fsp3) is 0.750. The van der Waals surface area contributed by atoms with E-state index in [4.69, 9.17) is 10.7 Å². The molecule has 2 N–H and O–H groups in total. The molecule has 128 valence electrons. The van der Waals surface area contributed by atoms with Crippen LogP contribution in [0.3, 0.4) is 0 Å². The first-order valence-corrected chi connectivity index (χ1v) is 9.61. The first-order valence-electron chi connectivity index (χ1n) is 9.61. The minimum absolute atomic E-state index is 0.592. The van der Waals surface area contributed by atoms with Crippen LogP contribution in [0.25, 0.3) is 0 Å². The molecule has 0 bridgehead atoms. The maximum atomic E-state index is 5.78. The number of pyridine rings is 1. The van der Waals surface area contributed by atoms with Crippen LogP contribution in [0, 0.1) is 11.8 Å². The molecule has 0 radical (unpaired) electrons. The van der Waals surface area contributed by atoms with E-state index in [0.29, 0.717) is 6.04 Å². The van der Waals surface area contributed by atoms with Gasteiger partial charge in [0.1, 0.15) is 0 Å². The molecule has 1 aromatic heterocycles.